The lowest BCUT2D eigenvalue weighted by atomic mass is 9.98. The second kappa shape index (κ2) is 5.87. The molecule has 2 N–H and O–H groups in total. The highest BCUT2D eigenvalue weighted by Gasteiger charge is 2.22. The van der Waals surface area contributed by atoms with E-state index in [2.05, 4.69) is 21.6 Å². The fourth-order valence-electron chi connectivity index (χ4n) is 2.16. The molecule has 0 saturated heterocycles. The maximum absolute atomic E-state index is 12.0. The Bertz CT molecular complexity index is 417. The molecule has 1 aromatic rings. The Morgan fingerprint density at radius 3 is 3.00 bits per heavy atom. The number of nitrogens with zero attached hydrogens (tertiary/aromatic N) is 1. The van der Waals surface area contributed by atoms with Gasteiger partial charge in [-0.15, -0.1) is 0 Å². The van der Waals surface area contributed by atoms with Crippen LogP contribution in [0.4, 0.5) is 5.69 Å². The SMILES string of the molecule is CN(C)CCNC(=O)[C@@H]1CCc2ccccc2N1. The molecule has 2 rings (SSSR count). The van der Waals surface area contributed by atoms with E-state index >= 15 is 0 Å². The van der Waals surface area contributed by atoms with Crippen LogP contribution in [0, 0.1) is 0 Å². The van der Waals surface area contributed by atoms with E-state index in [-0.39, 0.29) is 11.9 Å². The number of fused-ring (bicyclic) bond motifs is 1. The van der Waals surface area contributed by atoms with Gasteiger partial charge >= 0.3 is 0 Å². The molecule has 0 aromatic heterocycles. The lowest BCUT2D eigenvalue weighted by molar-refractivity contribution is -0.122. The Kier molecular flexibility index (Phi) is 4.20. The third-order valence-electron chi connectivity index (χ3n) is 3.22. The highest BCUT2D eigenvalue weighted by atomic mass is 16.2. The van der Waals surface area contributed by atoms with Crippen molar-refractivity contribution in [2.75, 3.05) is 32.5 Å². The van der Waals surface area contributed by atoms with Crippen molar-refractivity contribution >= 4 is 11.6 Å². The van der Waals surface area contributed by atoms with Crippen molar-refractivity contribution in [3.05, 3.63) is 29.8 Å². The smallest absolute Gasteiger partial charge is 0.242 e. The van der Waals surface area contributed by atoms with Gasteiger partial charge in [-0.3, -0.25) is 4.79 Å². The van der Waals surface area contributed by atoms with Crippen molar-refractivity contribution in [3.63, 3.8) is 0 Å². The van der Waals surface area contributed by atoms with Gasteiger partial charge in [0.25, 0.3) is 0 Å². The van der Waals surface area contributed by atoms with E-state index in [0.717, 1.165) is 25.1 Å². The quantitative estimate of drug-likeness (QED) is 0.837. The first-order valence-electron chi connectivity index (χ1n) is 6.43. The Hall–Kier alpha value is -1.55. The molecule has 1 atom stereocenters. The number of hydrogen-bond acceptors (Lipinski definition) is 3. The minimum absolute atomic E-state index is 0.0953. The van der Waals surface area contributed by atoms with E-state index in [1.165, 1.54) is 5.56 Å². The van der Waals surface area contributed by atoms with Gasteiger partial charge in [0.15, 0.2) is 0 Å². The summed E-state index contributed by atoms with van der Waals surface area (Å²) in [6.07, 6.45) is 1.83. The summed E-state index contributed by atoms with van der Waals surface area (Å²) < 4.78 is 0. The van der Waals surface area contributed by atoms with Crippen LogP contribution in [-0.2, 0) is 11.2 Å². The lowest BCUT2D eigenvalue weighted by Gasteiger charge is -2.26. The van der Waals surface area contributed by atoms with Crippen molar-refractivity contribution in [2.45, 2.75) is 18.9 Å². The summed E-state index contributed by atoms with van der Waals surface area (Å²) in [6, 6.07) is 8.09. The number of carbonyl (C=O) groups excluding carboxylic acids is 1. The van der Waals surface area contributed by atoms with Crippen LogP contribution in [-0.4, -0.2) is 44.0 Å². The molecule has 0 radical (unpaired) electrons. The number of aryl methyl sites for hydroxylation is 1. The first-order chi connectivity index (χ1) is 8.66. The summed E-state index contributed by atoms with van der Waals surface area (Å²) in [5, 5.41) is 6.28. The topological polar surface area (TPSA) is 44.4 Å². The fourth-order valence-corrected chi connectivity index (χ4v) is 2.16. The molecule has 0 bridgehead atoms. The van der Waals surface area contributed by atoms with Gasteiger partial charge in [-0.2, -0.15) is 0 Å². The van der Waals surface area contributed by atoms with Crippen molar-refractivity contribution in [3.8, 4) is 0 Å². The van der Waals surface area contributed by atoms with E-state index in [0.29, 0.717) is 6.54 Å². The Labute approximate surface area is 108 Å². The van der Waals surface area contributed by atoms with Gasteiger partial charge in [-0.25, -0.2) is 0 Å². The summed E-state index contributed by atoms with van der Waals surface area (Å²) in [5.74, 6) is 0.103. The number of amides is 1. The summed E-state index contributed by atoms with van der Waals surface area (Å²) in [4.78, 5) is 14.1. The van der Waals surface area contributed by atoms with E-state index in [1.54, 1.807) is 0 Å². The van der Waals surface area contributed by atoms with E-state index in [1.807, 2.05) is 32.3 Å². The normalized spacial score (nSPS) is 18.1. The molecule has 1 amide bonds. The van der Waals surface area contributed by atoms with Gasteiger partial charge in [0.2, 0.25) is 5.91 Å². The second-order valence-electron chi connectivity index (χ2n) is 4.99. The molecule has 0 saturated carbocycles. The number of benzene rings is 1. The average Bonchev–Trinajstić information content (AvgIpc) is 2.37. The summed E-state index contributed by atoms with van der Waals surface area (Å²) in [6.45, 7) is 1.57. The van der Waals surface area contributed by atoms with Crippen LogP contribution in [0.25, 0.3) is 0 Å². The van der Waals surface area contributed by atoms with E-state index in [9.17, 15) is 4.79 Å². The number of para-hydroxylation sites is 1. The molecule has 0 aliphatic carbocycles. The van der Waals surface area contributed by atoms with Crippen LogP contribution in [0.2, 0.25) is 0 Å². The van der Waals surface area contributed by atoms with Gasteiger partial charge < -0.3 is 15.5 Å². The molecule has 0 fully saturated rings. The number of hydrogen-bond donors (Lipinski definition) is 2. The maximum Gasteiger partial charge on any atom is 0.242 e. The molecular weight excluding hydrogens is 226 g/mol. The number of carbonyl (C=O) groups is 1. The summed E-state index contributed by atoms with van der Waals surface area (Å²) >= 11 is 0. The van der Waals surface area contributed by atoms with Crippen LogP contribution >= 0.6 is 0 Å². The van der Waals surface area contributed by atoms with Crippen LogP contribution in [0.15, 0.2) is 24.3 Å². The Morgan fingerprint density at radius 1 is 1.44 bits per heavy atom. The van der Waals surface area contributed by atoms with E-state index in [4.69, 9.17) is 0 Å². The highest BCUT2D eigenvalue weighted by Crippen LogP contribution is 2.24. The molecule has 98 valence electrons. The predicted octanol–water partition coefficient (Wildman–Crippen LogP) is 1.09. The first kappa shape index (κ1) is 12.9. The van der Waals surface area contributed by atoms with Gasteiger partial charge in [-0.1, -0.05) is 18.2 Å². The molecule has 4 nitrogen and oxygen atoms in total. The number of anilines is 1. The van der Waals surface area contributed by atoms with Gasteiger partial charge in [0.1, 0.15) is 6.04 Å². The standard InChI is InChI=1S/C14H21N3O/c1-17(2)10-9-15-14(18)13-8-7-11-5-3-4-6-12(11)16-13/h3-6,13,16H,7-10H2,1-2H3,(H,15,18)/t13-/m0/s1. The Morgan fingerprint density at radius 2 is 2.22 bits per heavy atom. The highest BCUT2D eigenvalue weighted by molar-refractivity contribution is 5.85. The zero-order valence-electron chi connectivity index (χ0n) is 11.1. The first-order valence-corrected chi connectivity index (χ1v) is 6.43. The molecular formula is C14H21N3O. The monoisotopic (exact) mass is 247 g/mol. The molecule has 0 unspecified atom stereocenters. The van der Waals surface area contributed by atoms with Crippen molar-refractivity contribution in [2.24, 2.45) is 0 Å². The van der Waals surface area contributed by atoms with Crippen LogP contribution in [0.5, 0.6) is 0 Å². The van der Waals surface area contributed by atoms with Crippen molar-refractivity contribution < 1.29 is 4.79 Å². The van der Waals surface area contributed by atoms with Gasteiger partial charge in [0.05, 0.1) is 0 Å². The van der Waals surface area contributed by atoms with Crippen LogP contribution in [0.3, 0.4) is 0 Å². The van der Waals surface area contributed by atoms with Crippen molar-refractivity contribution in [1.82, 2.24) is 10.2 Å². The van der Waals surface area contributed by atoms with Gasteiger partial charge in [0, 0.05) is 18.8 Å². The summed E-state index contributed by atoms with van der Waals surface area (Å²) in [7, 11) is 4.00. The molecule has 0 spiro atoms. The van der Waals surface area contributed by atoms with Crippen LogP contribution in [0.1, 0.15) is 12.0 Å². The minimum atomic E-state index is -0.0953. The molecule has 1 aliphatic heterocycles. The number of nitrogens with one attached hydrogen (secondary N) is 2. The lowest BCUT2D eigenvalue weighted by Crippen LogP contribution is -2.43. The zero-order valence-corrected chi connectivity index (χ0v) is 11.1. The molecule has 4 heteroatoms. The number of likely N-dealkylation sites (N-methyl/N-ethyl adjacent to an activating group) is 1. The predicted molar refractivity (Wildman–Crippen MR) is 73.7 cm³/mol. The third-order valence-corrected chi connectivity index (χ3v) is 3.22. The molecule has 1 aliphatic rings. The second-order valence-corrected chi connectivity index (χ2v) is 4.99. The molecule has 18 heavy (non-hydrogen) atoms. The average molecular weight is 247 g/mol. The maximum atomic E-state index is 12.0. The zero-order chi connectivity index (χ0) is 13.0. The third kappa shape index (κ3) is 3.23. The van der Waals surface area contributed by atoms with Gasteiger partial charge in [-0.05, 0) is 38.6 Å². The van der Waals surface area contributed by atoms with Crippen LogP contribution < -0.4 is 10.6 Å². The Balaban J connectivity index is 1.87. The van der Waals surface area contributed by atoms with E-state index < -0.39 is 0 Å². The number of rotatable bonds is 4. The fraction of sp³-hybridized carbons (Fsp3) is 0.500. The largest absolute Gasteiger partial charge is 0.373 e. The minimum Gasteiger partial charge on any atom is -0.373 e. The molecule has 1 heterocycles. The molecule has 1 aromatic carbocycles. The van der Waals surface area contributed by atoms with Crippen molar-refractivity contribution in [1.29, 1.82) is 0 Å². The summed E-state index contributed by atoms with van der Waals surface area (Å²) in [5.41, 5.74) is 2.39.